The van der Waals surface area contributed by atoms with E-state index in [1.807, 2.05) is 6.92 Å². The molecule has 0 saturated heterocycles. The molecule has 2 aromatic rings. The van der Waals surface area contributed by atoms with E-state index in [4.69, 9.17) is 16.2 Å². The van der Waals surface area contributed by atoms with Crippen molar-refractivity contribution in [2.75, 3.05) is 12.3 Å². The van der Waals surface area contributed by atoms with E-state index in [9.17, 15) is 18.0 Å². The Kier molecular flexibility index (Phi) is 10.0. The number of carbonyl (C=O) groups is 1. The molecule has 0 radical (unpaired) electrons. The molecule has 0 bridgehead atoms. The van der Waals surface area contributed by atoms with Gasteiger partial charge in [-0.25, -0.2) is 9.78 Å². The number of primary amides is 1. The number of hydrogen-bond donors (Lipinski definition) is 2. The third-order valence-electron chi connectivity index (χ3n) is 4.20. The van der Waals surface area contributed by atoms with Gasteiger partial charge >= 0.3 is 12.3 Å². The molecule has 1 atom stereocenters. The van der Waals surface area contributed by atoms with Crippen LogP contribution >= 0.6 is 0 Å². The number of pyridine rings is 1. The highest BCUT2D eigenvalue weighted by Gasteiger charge is 2.35. The fourth-order valence-electron chi connectivity index (χ4n) is 3.09. The molecule has 0 fully saturated rings. The van der Waals surface area contributed by atoms with Crippen LogP contribution in [-0.4, -0.2) is 23.3 Å². The first-order valence-electron chi connectivity index (χ1n) is 10.6. The van der Waals surface area contributed by atoms with Gasteiger partial charge in [0.05, 0.1) is 12.2 Å². The fraction of sp³-hybridized carbons (Fsp3) is 0.500. The average molecular weight is 470 g/mol. The molecular formula is C24H34F3N3O3. The molecule has 0 aliphatic carbocycles. The summed E-state index contributed by atoms with van der Waals surface area (Å²) in [6, 6.07) is 7.23. The summed E-state index contributed by atoms with van der Waals surface area (Å²) in [5, 5.41) is 0. The summed E-state index contributed by atoms with van der Waals surface area (Å²) in [5.74, 6) is 0.767. The fourth-order valence-corrected chi connectivity index (χ4v) is 3.09. The molecular weight excluding hydrogens is 435 g/mol. The summed E-state index contributed by atoms with van der Waals surface area (Å²) >= 11 is 0. The zero-order chi connectivity index (χ0) is 25.4. The first kappa shape index (κ1) is 28.1. The van der Waals surface area contributed by atoms with Gasteiger partial charge in [0.2, 0.25) is 0 Å². The number of nitrogens with two attached hydrogens (primary N) is 2. The summed E-state index contributed by atoms with van der Waals surface area (Å²) in [4.78, 5) is 13.9. The van der Waals surface area contributed by atoms with E-state index in [1.165, 1.54) is 12.3 Å². The van der Waals surface area contributed by atoms with Gasteiger partial charge in [0, 0.05) is 6.20 Å². The monoisotopic (exact) mass is 469 g/mol. The maximum absolute atomic E-state index is 13.4. The topological polar surface area (TPSA) is 100 Å². The molecule has 1 amide bonds. The molecule has 6 nitrogen and oxygen atoms in total. The second-order valence-electron chi connectivity index (χ2n) is 9.26. The van der Waals surface area contributed by atoms with E-state index in [1.54, 1.807) is 39.0 Å². The van der Waals surface area contributed by atoms with Crippen LogP contribution in [0.15, 0.2) is 36.5 Å². The number of amides is 1. The number of ether oxygens (including phenoxy) is 2. The lowest BCUT2D eigenvalue weighted by atomic mass is 9.99. The maximum atomic E-state index is 13.4. The van der Waals surface area contributed by atoms with Crippen LogP contribution in [-0.2, 0) is 10.9 Å². The van der Waals surface area contributed by atoms with Gasteiger partial charge in [-0.3, -0.25) is 0 Å². The maximum Gasteiger partial charge on any atom is 0.419 e. The van der Waals surface area contributed by atoms with Crippen molar-refractivity contribution in [1.82, 2.24) is 4.98 Å². The SMILES string of the molecule is CC(C)(C)OC(N)=O.CC(C)CC(C)COc1ccc(-c2ccnc(N)c2)cc1C(F)(F)F. The standard InChI is InChI=1S/C19H23F3N2O.C5H11NO2/c1-12(2)8-13(3)11-25-17-5-4-14(9-16(17)19(20,21)22)15-6-7-24-18(23)10-15;1-5(2,3)8-4(6)7/h4-7,9-10,12-13H,8,11H2,1-3H3,(H2,23,24);1-3H3,(H2,6,7). The quantitative estimate of drug-likeness (QED) is 0.518. The van der Waals surface area contributed by atoms with Crippen molar-refractivity contribution in [3.05, 3.63) is 42.1 Å². The number of hydrogen-bond acceptors (Lipinski definition) is 5. The first-order valence-corrected chi connectivity index (χ1v) is 10.6. The Morgan fingerprint density at radius 2 is 1.67 bits per heavy atom. The molecule has 1 aromatic carbocycles. The Hall–Kier alpha value is -2.97. The van der Waals surface area contributed by atoms with Crippen LogP contribution < -0.4 is 16.2 Å². The first-order chi connectivity index (χ1) is 15.1. The van der Waals surface area contributed by atoms with Gasteiger partial charge < -0.3 is 20.9 Å². The highest BCUT2D eigenvalue weighted by molar-refractivity contribution is 5.68. The van der Waals surface area contributed by atoms with Crippen molar-refractivity contribution >= 4 is 11.9 Å². The summed E-state index contributed by atoms with van der Waals surface area (Å²) in [6.07, 6.45) is -2.85. The van der Waals surface area contributed by atoms with Crippen molar-refractivity contribution in [1.29, 1.82) is 0 Å². The molecule has 9 heteroatoms. The third kappa shape index (κ3) is 10.9. The number of carbonyl (C=O) groups excluding carboxylic acids is 1. The van der Waals surface area contributed by atoms with Crippen molar-refractivity contribution in [3.8, 4) is 16.9 Å². The number of anilines is 1. The van der Waals surface area contributed by atoms with E-state index in [2.05, 4.69) is 23.6 Å². The van der Waals surface area contributed by atoms with E-state index in [-0.39, 0.29) is 24.1 Å². The zero-order valence-electron chi connectivity index (χ0n) is 20.0. The van der Waals surface area contributed by atoms with Crippen LogP contribution in [0.4, 0.5) is 23.8 Å². The highest BCUT2D eigenvalue weighted by atomic mass is 19.4. The lowest BCUT2D eigenvalue weighted by molar-refractivity contribution is -0.139. The molecule has 1 heterocycles. The Morgan fingerprint density at radius 1 is 1.06 bits per heavy atom. The van der Waals surface area contributed by atoms with Crippen molar-refractivity contribution < 1.29 is 27.4 Å². The van der Waals surface area contributed by atoms with Crippen LogP contribution in [0.2, 0.25) is 0 Å². The second kappa shape index (κ2) is 11.8. The number of halogens is 3. The lowest BCUT2D eigenvalue weighted by Gasteiger charge is -2.19. The molecule has 184 valence electrons. The molecule has 2 rings (SSSR count). The summed E-state index contributed by atoms with van der Waals surface area (Å²) in [7, 11) is 0. The van der Waals surface area contributed by atoms with Crippen molar-refractivity contribution in [2.45, 2.75) is 59.7 Å². The van der Waals surface area contributed by atoms with Crippen molar-refractivity contribution in [3.63, 3.8) is 0 Å². The van der Waals surface area contributed by atoms with Gasteiger partial charge in [0.15, 0.2) is 0 Å². The Balaban J connectivity index is 0.000000582. The Morgan fingerprint density at radius 3 is 2.12 bits per heavy atom. The number of aromatic nitrogens is 1. The van der Waals surface area contributed by atoms with Gasteiger partial charge in [0.25, 0.3) is 0 Å². The summed E-state index contributed by atoms with van der Waals surface area (Å²) < 4.78 is 50.4. The van der Waals surface area contributed by atoms with Crippen LogP contribution in [0.5, 0.6) is 5.75 Å². The number of nitrogens with zero attached hydrogens (tertiary/aromatic N) is 1. The molecule has 1 aromatic heterocycles. The van der Waals surface area contributed by atoms with E-state index in [0.29, 0.717) is 17.0 Å². The normalized spacial score (nSPS) is 12.5. The molecule has 0 spiro atoms. The second-order valence-corrected chi connectivity index (χ2v) is 9.26. The summed E-state index contributed by atoms with van der Waals surface area (Å²) in [5.41, 5.74) is 10.1. The van der Waals surface area contributed by atoms with E-state index < -0.39 is 23.4 Å². The summed E-state index contributed by atoms with van der Waals surface area (Å²) in [6.45, 7) is 11.7. The van der Waals surface area contributed by atoms with Gasteiger partial charge in [-0.2, -0.15) is 13.2 Å². The number of alkyl halides is 3. The van der Waals surface area contributed by atoms with Gasteiger partial charge in [-0.15, -0.1) is 0 Å². The van der Waals surface area contributed by atoms with E-state index in [0.717, 1.165) is 12.5 Å². The van der Waals surface area contributed by atoms with Gasteiger partial charge in [0.1, 0.15) is 17.2 Å². The van der Waals surface area contributed by atoms with E-state index >= 15 is 0 Å². The van der Waals surface area contributed by atoms with Crippen molar-refractivity contribution in [2.24, 2.45) is 17.6 Å². The van der Waals surface area contributed by atoms with Crippen LogP contribution in [0.25, 0.3) is 11.1 Å². The predicted octanol–water partition coefficient (Wildman–Crippen LogP) is 6.29. The molecule has 0 aliphatic rings. The largest absolute Gasteiger partial charge is 0.493 e. The predicted molar refractivity (Wildman–Crippen MR) is 124 cm³/mol. The minimum atomic E-state index is -4.49. The van der Waals surface area contributed by atoms with Crippen LogP contribution in [0.1, 0.15) is 53.5 Å². The lowest BCUT2D eigenvalue weighted by Crippen LogP contribution is -2.27. The minimum Gasteiger partial charge on any atom is -0.493 e. The molecule has 0 saturated carbocycles. The molecule has 0 aliphatic heterocycles. The molecule has 1 unspecified atom stereocenters. The average Bonchev–Trinajstić information content (AvgIpc) is 2.63. The highest BCUT2D eigenvalue weighted by Crippen LogP contribution is 2.39. The number of rotatable bonds is 6. The third-order valence-corrected chi connectivity index (χ3v) is 4.20. The molecule has 4 N–H and O–H groups in total. The van der Waals surface area contributed by atoms with Gasteiger partial charge in [-0.05, 0) is 74.4 Å². The number of benzene rings is 1. The van der Waals surface area contributed by atoms with Crippen LogP contribution in [0.3, 0.4) is 0 Å². The van der Waals surface area contributed by atoms with Gasteiger partial charge in [-0.1, -0.05) is 26.8 Å². The Bertz CT molecular complexity index is 910. The number of nitrogen functional groups attached to an aromatic ring is 1. The molecule has 33 heavy (non-hydrogen) atoms. The smallest absolute Gasteiger partial charge is 0.419 e. The zero-order valence-corrected chi connectivity index (χ0v) is 20.0. The Labute approximate surface area is 193 Å². The minimum absolute atomic E-state index is 0.145. The van der Waals surface area contributed by atoms with Crippen LogP contribution in [0, 0.1) is 11.8 Å².